The van der Waals surface area contributed by atoms with Gasteiger partial charge in [-0.15, -0.1) is 11.8 Å². The van der Waals surface area contributed by atoms with Crippen molar-refractivity contribution >= 4 is 23.2 Å². The molecule has 0 bridgehead atoms. The number of methoxy groups -OCH3 is 1. The molecule has 35 heavy (non-hydrogen) atoms. The summed E-state index contributed by atoms with van der Waals surface area (Å²) in [7, 11) is 1.45. The second kappa shape index (κ2) is 9.27. The SMILES string of the molecule is COc1ccccc1-n1c(O)c(C2=Nc3ccccc3S[C@H](c3ccc(F)cc3)C2)c(=O)[nH]c1=O. The molecule has 0 unspecified atom stereocenters. The van der Waals surface area contributed by atoms with Crippen LogP contribution >= 0.6 is 11.8 Å². The Morgan fingerprint density at radius 3 is 2.54 bits per heavy atom. The number of halogens is 1. The summed E-state index contributed by atoms with van der Waals surface area (Å²) in [6.45, 7) is 0. The van der Waals surface area contributed by atoms with Crippen LogP contribution in [0.1, 0.15) is 22.8 Å². The molecule has 0 saturated carbocycles. The van der Waals surface area contributed by atoms with Crippen molar-refractivity contribution in [2.75, 3.05) is 7.11 Å². The van der Waals surface area contributed by atoms with Gasteiger partial charge in [0.15, 0.2) is 0 Å². The van der Waals surface area contributed by atoms with E-state index >= 15 is 0 Å². The monoisotopic (exact) mass is 489 g/mol. The maximum atomic E-state index is 13.6. The number of fused-ring (bicyclic) bond motifs is 1. The number of hydrogen-bond acceptors (Lipinski definition) is 6. The van der Waals surface area contributed by atoms with Gasteiger partial charge in [-0.3, -0.25) is 14.8 Å². The van der Waals surface area contributed by atoms with Crippen molar-refractivity contribution in [3.8, 4) is 17.3 Å². The molecule has 0 saturated heterocycles. The fraction of sp³-hybridized carbons (Fsp3) is 0.115. The summed E-state index contributed by atoms with van der Waals surface area (Å²) < 4.78 is 19.9. The number of aromatic hydroxyl groups is 1. The number of benzene rings is 3. The van der Waals surface area contributed by atoms with Crippen molar-refractivity contribution in [2.45, 2.75) is 16.6 Å². The van der Waals surface area contributed by atoms with Crippen molar-refractivity contribution in [1.82, 2.24) is 9.55 Å². The molecule has 0 fully saturated rings. The Bertz CT molecular complexity index is 1560. The number of ether oxygens (including phenoxy) is 1. The minimum Gasteiger partial charge on any atom is -0.495 e. The predicted octanol–water partition coefficient (Wildman–Crippen LogP) is 4.74. The van der Waals surface area contributed by atoms with E-state index in [4.69, 9.17) is 9.73 Å². The molecule has 2 heterocycles. The Balaban J connectivity index is 1.72. The lowest BCUT2D eigenvalue weighted by Crippen LogP contribution is -2.33. The number of nitrogens with zero attached hydrogens (tertiary/aromatic N) is 2. The van der Waals surface area contributed by atoms with Gasteiger partial charge < -0.3 is 9.84 Å². The molecule has 0 radical (unpaired) electrons. The number of thioether (sulfide) groups is 1. The Morgan fingerprint density at radius 2 is 1.77 bits per heavy atom. The minimum atomic E-state index is -0.806. The lowest BCUT2D eigenvalue weighted by atomic mass is 10.0. The zero-order valence-corrected chi connectivity index (χ0v) is 19.4. The highest BCUT2D eigenvalue weighted by Gasteiger charge is 2.28. The Kier molecular flexibility index (Phi) is 6.00. The fourth-order valence-electron chi connectivity index (χ4n) is 4.06. The van der Waals surface area contributed by atoms with Crippen LogP contribution in [0.25, 0.3) is 5.69 Å². The van der Waals surface area contributed by atoms with Crippen LogP contribution in [0.2, 0.25) is 0 Å². The van der Waals surface area contributed by atoms with Crippen molar-refractivity contribution in [2.24, 2.45) is 4.99 Å². The molecule has 176 valence electrons. The van der Waals surface area contributed by atoms with Gasteiger partial charge in [0.25, 0.3) is 5.56 Å². The number of hydrogen-bond donors (Lipinski definition) is 2. The molecule has 0 aliphatic carbocycles. The molecule has 9 heteroatoms. The number of rotatable bonds is 4. The Labute approximate surface area is 203 Å². The number of aromatic nitrogens is 2. The summed E-state index contributed by atoms with van der Waals surface area (Å²) >= 11 is 1.54. The largest absolute Gasteiger partial charge is 0.495 e. The highest BCUT2D eigenvalue weighted by atomic mass is 32.2. The second-order valence-electron chi connectivity index (χ2n) is 7.85. The van der Waals surface area contributed by atoms with Gasteiger partial charge in [0, 0.05) is 16.6 Å². The van der Waals surface area contributed by atoms with Crippen LogP contribution in [0.4, 0.5) is 10.1 Å². The van der Waals surface area contributed by atoms with Gasteiger partial charge >= 0.3 is 5.69 Å². The zero-order valence-electron chi connectivity index (χ0n) is 18.6. The van der Waals surface area contributed by atoms with Crippen LogP contribution in [0.5, 0.6) is 11.6 Å². The van der Waals surface area contributed by atoms with Crippen LogP contribution < -0.4 is 16.0 Å². The van der Waals surface area contributed by atoms with Gasteiger partial charge in [0.05, 0.1) is 24.2 Å². The van der Waals surface area contributed by atoms with Crippen molar-refractivity contribution in [1.29, 1.82) is 0 Å². The topological polar surface area (TPSA) is 96.7 Å². The summed E-state index contributed by atoms with van der Waals surface area (Å²) in [4.78, 5) is 33.7. The van der Waals surface area contributed by atoms with E-state index in [1.165, 1.54) is 31.0 Å². The number of H-pyrrole nitrogens is 1. The fourth-order valence-corrected chi connectivity index (χ4v) is 5.29. The van der Waals surface area contributed by atoms with Gasteiger partial charge in [-0.25, -0.2) is 13.8 Å². The van der Waals surface area contributed by atoms with Crippen LogP contribution in [-0.2, 0) is 0 Å². The summed E-state index contributed by atoms with van der Waals surface area (Å²) in [6, 6.07) is 20.3. The number of para-hydroxylation sites is 3. The summed E-state index contributed by atoms with van der Waals surface area (Å²) in [6.07, 6.45) is 0.256. The van der Waals surface area contributed by atoms with Gasteiger partial charge in [0.1, 0.15) is 17.1 Å². The van der Waals surface area contributed by atoms with Crippen molar-refractivity contribution in [3.63, 3.8) is 0 Å². The van der Waals surface area contributed by atoms with Crippen LogP contribution in [0, 0.1) is 5.82 Å². The van der Waals surface area contributed by atoms with Crippen LogP contribution in [-0.4, -0.2) is 27.5 Å². The van der Waals surface area contributed by atoms with Crippen LogP contribution in [0.3, 0.4) is 0 Å². The zero-order chi connectivity index (χ0) is 24.5. The normalized spacial score (nSPS) is 15.1. The minimum absolute atomic E-state index is 0.111. The predicted molar refractivity (Wildman–Crippen MR) is 133 cm³/mol. The Morgan fingerprint density at radius 1 is 1.06 bits per heavy atom. The van der Waals surface area contributed by atoms with E-state index in [1.54, 1.807) is 36.4 Å². The lowest BCUT2D eigenvalue weighted by Gasteiger charge is -2.18. The molecule has 1 atom stereocenters. The number of aromatic amines is 1. The average molecular weight is 490 g/mol. The van der Waals surface area contributed by atoms with E-state index in [0.717, 1.165) is 15.0 Å². The molecule has 1 aliphatic rings. The Hall–Kier alpha value is -4.11. The summed E-state index contributed by atoms with van der Waals surface area (Å²) in [5, 5.41) is 11.0. The quantitative estimate of drug-likeness (QED) is 0.432. The van der Waals surface area contributed by atoms with E-state index in [0.29, 0.717) is 17.1 Å². The third kappa shape index (κ3) is 4.26. The molecule has 1 aliphatic heterocycles. The summed E-state index contributed by atoms with van der Waals surface area (Å²) in [5.41, 5.74) is 0.383. The standard InChI is InChI=1S/C26H20FN3O4S/c1-34-20-8-4-3-7-19(20)30-25(32)23(24(31)29-26(30)33)18-14-22(15-10-12-16(27)13-11-15)35-21-9-5-2-6-17(21)28-18/h2-13,22,32H,14H2,1H3,(H,29,31,33)/t22-/m0/s1. The average Bonchev–Trinajstić information content (AvgIpc) is 3.04. The van der Waals surface area contributed by atoms with Crippen molar-refractivity contribution in [3.05, 3.63) is 111 Å². The van der Waals surface area contributed by atoms with Gasteiger partial charge in [-0.2, -0.15) is 0 Å². The van der Waals surface area contributed by atoms with Gasteiger partial charge in [-0.05, 0) is 42.0 Å². The highest BCUT2D eigenvalue weighted by Crippen LogP contribution is 2.45. The summed E-state index contributed by atoms with van der Waals surface area (Å²) in [5.74, 6) is -0.542. The molecular formula is C26H20FN3O4S. The molecule has 5 rings (SSSR count). The molecule has 7 nitrogen and oxygen atoms in total. The number of nitrogens with one attached hydrogen (secondary N) is 1. The van der Waals surface area contributed by atoms with Crippen molar-refractivity contribution < 1.29 is 14.2 Å². The molecule has 2 N–H and O–H groups in total. The first-order valence-electron chi connectivity index (χ1n) is 10.8. The molecule has 0 amide bonds. The first-order valence-corrected chi connectivity index (χ1v) is 11.6. The lowest BCUT2D eigenvalue weighted by molar-refractivity contribution is 0.401. The van der Waals surface area contributed by atoms with E-state index in [1.807, 2.05) is 24.3 Å². The molecule has 1 aromatic heterocycles. The van der Waals surface area contributed by atoms with Gasteiger partial charge in [0.2, 0.25) is 5.88 Å². The highest BCUT2D eigenvalue weighted by molar-refractivity contribution is 7.99. The second-order valence-corrected chi connectivity index (χ2v) is 9.10. The first-order chi connectivity index (χ1) is 17.0. The smallest absolute Gasteiger partial charge is 0.335 e. The van der Waals surface area contributed by atoms with Crippen LogP contribution in [0.15, 0.2) is 92.3 Å². The third-order valence-corrected chi connectivity index (χ3v) is 7.03. The van der Waals surface area contributed by atoms with E-state index in [9.17, 15) is 19.1 Å². The maximum absolute atomic E-state index is 13.6. The molecule has 4 aromatic rings. The molecule has 0 spiro atoms. The van der Waals surface area contributed by atoms with Gasteiger partial charge in [-0.1, -0.05) is 36.4 Å². The van der Waals surface area contributed by atoms with E-state index in [2.05, 4.69) is 4.98 Å². The molecular weight excluding hydrogens is 469 g/mol. The van der Waals surface area contributed by atoms with E-state index < -0.39 is 17.1 Å². The molecule has 3 aromatic carbocycles. The first kappa shape index (κ1) is 22.7. The number of aliphatic imine (C=N–C) groups is 1. The maximum Gasteiger partial charge on any atom is 0.335 e. The van der Waals surface area contributed by atoms with E-state index in [-0.39, 0.29) is 28.7 Å². The third-order valence-electron chi connectivity index (χ3n) is 5.71.